The molecule has 0 amide bonds. The number of hydrogen-bond donors (Lipinski definition) is 4. The molecular weight excluding hydrogens is 1930 g/mol. The van der Waals surface area contributed by atoms with Crippen LogP contribution in [0.3, 0.4) is 0 Å². The number of aromatic nitrogens is 5. The average Bonchev–Trinajstić information content (AvgIpc) is 1.57. The molecule has 0 atom stereocenters. The van der Waals surface area contributed by atoms with E-state index in [0.717, 1.165) is 52.7 Å². The molecule has 1 aliphatic carbocycles. The van der Waals surface area contributed by atoms with Crippen molar-refractivity contribution < 1.29 is 10.0 Å². The number of nitrogens with zero attached hydrogens (tertiary/aromatic N) is 3. The van der Waals surface area contributed by atoms with Crippen molar-refractivity contribution in [2.75, 3.05) is 0 Å². The molecule has 7 nitrogen and oxygen atoms in total. The minimum atomic E-state index is -1.48. The summed E-state index contributed by atoms with van der Waals surface area (Å²) >= 11 is 13.0. The molecule has 0 spiro atoms. The molecule has 632 valence electrons. The molecule has 0 aliphatic heterocycles. The van der Waals surface area contributed by atoms with E-state index in [1.807, 2.05) is 60.7 Å². The van der Waals surface area contributed by atoms with Crippen LogP contribution in [0.25, 0.3) is 213 Å². The van der Waals surface area contributed by atoms with Crippen molar-refractivity contribution in [3.8, 4) is 39.3 Å². The normalized spacial score (nSPS) is 11.7. The molecule has 133 heavy (non-hydrogen) atoms. The van der Waals surface area contributed by atoms with Gasteiger partial charge in [-0.1, -0.05) is 339 Å². The Morgan fingerprint density at radius 3 is 0.977 bits per heavy atom. The van der Waals surface area contributed by atoms with Gasteiger partial charge in [0.15, 0.2) is 0 Å². The van der Waals surface area contributed by atoms with E-state index in [2.05, 4.69) is 476 Å². The highest BCUT2D eigenvalue weighted by atomic mass is 127. The average molecular weight is 2010 g/mol. The highest BCUT2D eigenvalue weighted by Crippen LogP contribution is 2.47. The summed E-state index contributed by atoms with van der Waals surface area (Å²) in [4.78, 5) is 6.95. The van der Waals surface area contributed by atoms with Gasteiger partial charge in [0.1, 0.15) is 0 Å². The van der Waals surface area contributed by atoms with Crippen molar-refractivity contribution in [2.45, 2.75) is 6.42 Å². The first-order valence-corrected chi connectivity index (χ1v) is 48.0. The number of aromatic amines is 2. The van der Waals surface area contributed by atoms with E-state index < -0.39 is 7.12 Å². The van der Waals surface area contributed by atoms with Gasteiger partial charge in [-0.05, 0) is 290 Å². The lowest BCUT2D eigenvalue weighted by Crippen LogP contribution is -2.29. The highest BCUT2D eigenvalue weighted by Gasteiger charge is 2.25. The molecule has 1 aliphatic rings. The number of halogens is 4. The molecule has 0 fully saturated rings. The SMILES string of the molecule is Brc1ccc2[nH]c3ccc4ccccc4c3c2c1.Brc1ccc2[nH]c3ccc4ccccc4c3c2c1.Brc1ccc2c(c1)c1c3ccccc3ccc1n2-c1ccccc1.Ic1ccccc1.OB(O)c1ccc2c(c1)c1c3ccccc3ccc1n2-c1ccccc1.c1ccc(-n2c3ccc(-c4ccc5c(c4)-c4c(ccc6ccccc46)C5)cc3c3c4ccccc4ccc32)cc1. The van der Waals surface area contributed by atoms with Gasteiger partial charge in [-0.3, -0.25) is 0 Å². The first kappa shape index (κ1) is 82.9. The van der Waals surface area contributed by atoms with Gasteiger partial charge in [-0.2, -0.15) is 0 Å². The summed E-state index contributed by atoms with van der Waals surface area (Å²) in [6.45, 7) is 0. The lowest BCUT2D eigenvalue weighted by atomic mass is 9.79. The summed E-state index contributed by atoms with van der Waals surface area (Å²) in [5.41, 5.74) is 24.0. The Kier molecular flexibility index (Phi) is 22.0. The molecule has 28 rings (SSSR count). The Balaban J connectivity index is 0.0000000952. The maximum absolute atomic E-state index is 9.64. The van der Waals surface area contributed by atoms with Crippen molar-refractivity contribution >= 4 is 257 Å². The van der Waals surface area contributed by atoms with Gasteiger partial charge >= 0.3 is 7.12 Å². The second-order valence-corrected chi connectivity index (χ2v) is 37.8. The van der Waals surface area contributed by atoms with Crippen molar-refractivity contribution in [3.63, 3.8) is 0 Å². The summed E-state index contributed by atoms with van der Waals surface area (Å²) in [6, 6.07) is 159. The maximum Gasteiger partial charge on any atom is 0.488 e. The minimum Gasteiger partial charge on any atom is -0.423 e. The van der Waals surface area contributed by atoms with E-state index in [4.69, 9.17) is 0 Å². The van der Waals surface area contributed by atoms with Crippen LogP contribution in [0, 0.1) is 3.57 Å². The fraction of sp³-hybridized carbons (Fsp3) is 0.00826. The quantitative estimate of drug-likeness (QED) is 0.102. The molecule has 0 radical (unpaired) electrons. The van der Waals surface area contributed by atoms with Crippen LogP contribution in [0.2, 0.25) is 0 Å². The second-order valence-electron chi connectivity index (χ2n) is 33.8. The molecule has 0 unspecified atom stereocenters. The van der Waals surface area contributed by atoms with Crippen LogP contribution < -0.4 is 5.46 Å². The molecule has 0 saturated carbocycles. The summed E-state index contributed by atoms with van der Waals surface area (Å²) in [5, 5.41) is 47.1. The molecule has 5 aromatic heterocycles. The second kappa shape index (κ2) is 35.3. The molecule has 4 N–H and O–H groups in total. The van der Waals surface area contributed by atoms with E-state index in [1.54, 1.807) is 6.07 Å². The Hall–Kier alpha value is -14.4. The third-order valence-electron chi connectivity index (χ3n) is 26.0. The van der Waals surface area contributed by atoms with E-state index in [0.29, 0.717) is 5.46 Å². The van der Waals surface area contributed by atoms with Crippen molar-refractivity contribution in [1.82, 2.24) is 23.7 Å². The third kappa shape index (κ3) is 15.4. The predicted molar refractivity (Wildman–Crippen MR) is 585 cm³/mol. The third-order valence-corrected chi connectivity index (χ3v) is 28.2. The zero-order valence-corrected chi connectivity index (χ0v) is 78.7. The van der Waals surface area contributed by atoms with Crippen molar-refractivity contribution in [2.24, 2.45) is 0 Å². The molecule has 5 heterocycles. The van der Waals surface area contributed by atoms with Gasteiger partial charge < -0.3 is 33.7 Å². The van der Waals surface area contributed by atoms with E-state index >= 15 is 0 Å². The Bertz CT molecular complexity index is 9080. The van der Waals surface area contributed by atoms with Crippen LogP contribution in [0.1, 0.15) is 11.1 Å². The van der Waals surface area contributed by atoms with E-state index in [1.165, 1.54) is 195 Å². The van der Waals surface area contributed by atoms with E-state index in [9.17, 15) is 10.0 Å². The minimum absolute atomic E-state index is 0.498. The van der Waals surface area contributed by atoms with Crippen molar-refractivity contribution in [3.05, 3.63) is 477 Å². The first-order chi connectivity index (χ1) is 65.4. The number of benzene rings is 22. The molecule has 27 aromatic rings. The largest absolute Gasteiger partial charge is 0.488 e. The lowest BCUT2D eigenvalue weighted by Gasteiger charge is -2.10. The van der Waals surface area contributed by atoms with Crippen LogP contribution in [-0.4, -0.2) is 40.8 Å². The monoisotopic (exact) mass is 2010 g/mol. The standard InChI is InChI=1S/C39H25N.C22H16BNO2.C22H14BrN.2C16H10BrN.C6H5I/c1-2-10-31(11-3-1)40-36-20-19-28(24-35(36)39-33-13-7-5-9-26(33)18-21-37(39)40)27-15-16-29-22-30-17-14-25-8-4-6-12-32(25)38(30)34(29)23-27;25-23(26)16-11-13-20-19(14-16)22-18-9-5-4-6-15(18)10-12-21(22)24(20)17-7-2-1-3-8-17;23-16-11-13-20-19(14-16)22-18-9-5-4-6-15(18)10-12-21(22)24(20)17-7-2-1-3-8-17;2*17-11-6-8-14-13(9-11)16-12-4-2-1-3-10(12)5-7-15(16)18-14;7-6-4-2-1-3-5-6/h1-21,23-24H,22H2;1-14,25-26H;1-14H;2*1-9,18H;1-5H. The van der Waals surface area contributed by atoms with Gasteiger partial charge in [0.05, 0.1) is 33.1 Å². The Morgan fingerprint density at radius 1 is 0.241 bits per heavy atom. The fourth-order valence-corrected chi connectivity index (χ4v) is 21.6. The van der Waals surface area contributed by atoms with Gasteiger partial charge in [0.2, 0.25) is 0 Å². The van der Waals surface area contributed by atoms with Crippen LogP contribution in [0.5, 0.6) is 0 Å². The Morgan fingerprint density at radius 2 is 0.549 bits per heavy atom. The van der Waals surface area contributed by atoms with Crippen LogP contribution in [-0.2, 0) is 6.42 Å². The summed E-state index contributed by atoms with van der Waals surface area (Å²) in [6.07, 6.45) is 1.01. The molecule has 0 bridgehead atoms. The summed E-state index contributed by atoms with van der Waals surface area (Å²) in [7, 11) is -1.48. The van der Waals surface area contributed by atoms with Crippen molar-refractivity contribution in [1.29, 1.82) is 0 Å². The van der Waals surface area contributed by atoms with Gasteiger partial charge in [-0.25, -0.2) is 0 Å². The van der Waals surface area contributed by atoms with Crippen LogP contribution in [0.4, 0.5) is 0 Å². The smallest absolute Gasteiger partial charge is 0.423 e. The summed E-state index contributed by atoms with van der Waals surface area (Å²) in [5.74, 6) is 0. The number of nitrogens with one attached hydrogen (secondary N) is 2. The highest BCUT2D eigenvalue weighted by molar-refractivity contribution is 14.1. The number of fused-ring (bicyclic) bond motifs is 30. The molecular formula is C121H80BBr3IN5O2. The number of rotatable bonds is 5. The van der Waals surface area contributed by atoms with Crippen LogP contribution in [0.15, 0.2) is 462 Å². The topological polar surface area (TPSA) is 86.8 Å². The lowest BCUT2D eigenvalue weighted by molar-refractivity contribution is 0.426. The number of para-hydroxylation sites is 3. The zero-order chi connectivity index (χ0) is 89.3. The molecule has 12 heteroatoms. The predicted octanol–water partition coefficient (Wildman–Crippen LogP) is 33.4. The van der Waals surface area contributed by atoms with Gasteiger partial charge in [0.25, 0.3) is 0 Å². The van der Waals surface area contributed by atoms with E-state index in [-0.39, 0.29) is 0 Å². The van der Waals surface area contributed by atoms with Gasteiger partial charge in [0, 0.05) is 110 Å². The maximum atomic E-state index is 9.64. The number of hydrogen-bond acceptors (Lipinski definition) is 2. The first-order valence-electron chi connectivity index (χ1n) is 44.5. The van der Waals surface area contributed by atoms with Gasteiger partial charge in [-0.15, -0.1) is 0 Å². The molecule has 0 saturated heterocycles. The Labute approximate surface area is 805 Å². The summed E-state index contributed by atoms with van der Waals surface area (Å²) < 4.78 is 11.6. The zero-order valence-electron chi connectivity index (χ0n) is 71.8. The van der Waals surface area contributed by atoms with Crippen LogP contribution >= 0.6 is 70.4 Å². The molecule has 22 aromatic carbocycles. The fourth-order valence-electron chi connectivity index (χ4n) is 20.1. The number of H-pyrrole nitrogens is 2.